The Kier molecular flexibility index (Phi) is 3.09. The maximum absolute atomic E-state index is 4.36. The number of anilines is 1. The lowest BCUT2D eigenvalue weighted by Gasteiger charge is -2.05. The number of aryl methyl sites for hydroxylation is 1. The predicted octanol–water partition coefficient (Wildman–Crippen LogP) is 1.39. The van der Waals surface area contributed by atoms with E-state index in [9.17, 15) is 0 Å². The van der Waals surface area contributed by atoms with Gasteiger partial charge in [0.2, 0.25) is 0 Å². The molecule has 0 aromatic carbocycles. The molecule has 0 amide bonds. The monoisotopic (exact) mass is 218 g/mol. The molecule has 6 heteroatoms. The number of hydrogen-bond acceptors (Lipinski definition) is 5. The van der Waals surface area contributed by atoms with Crippen LogP contribution in [0.4, 0.5) is 5.82 Å². The lowest BCUT2D eigenvalue weighted by molar-refractivity contribution is 0.958. The molecule has 84 valence electrons. The predicted molar refractivity (Wildman–Crippen MR) is 60.9 cm³/mol. The standard InChI is InChI=1S/C10H14N6/c1-3-4-11-8-5-7(2)14-10(15-8)9-12-6-13-16-9/h5-6H,3-4H2,1-2H3,(H,11,14,15)(H,12,13,16). The Labute approximate surface area is 93.6 Å². The molecule has 0 atom stereocenters. The number of nitrogens with one attached hydrogen (secondary N) is 2. The quantitative estimate of drug-likeness (QED) is 0.810. The third kappa shape index (κ3) is 2.33. The molecule has 2 N–H and O–H groups in total. The molecular formula is C10H14N6. The topological polar surface area (TPSA) is 79.4 Å². The van der Waals surface area contributed by atoms with E-state index in [-0.39, 0.29) is 0 Å². The summed E-state index contributed by atoms with van der Waals surface area (Å²) in [5, 5.41) is 9.76. The minimum atomic E-state index is 0.566. The second kappa shape index (κ2) is 4.69. The average Bonchev–Trinajstić information content (AvgIpc) is 2.79. The van der Waals surface area contributed by atoms with Gasteiger partial charge in [0, 0.05) is 18.3 Å². The van der Waals surface area contributed by atoms with Gasteiger partial charge in [0.05, 0.1) is 0 Å². The van der Waals surface area contributed by atoms with Crippen molar-refractivity contribution in [1.82, 2.24) is 25.1 Å². The zero-order valence-electron chi connectivity index (χ0n) is 9.36. The first-order valence-corrected chi connectivity index (χ1v) is 5.25. The first-order chi connectivity index (χ1) is 7.79. The molecule has 2 rings (SSSR count). The first-order valence-electron chi connectivity index (χ1n) is 5.25. The highest BCUT2D eigenvalue weighted by atomic mass is 15.2. The van der Waals surface area contributed by atoms with Crippen molar-refractivity contribution in [2.45, 2.75) is 20.3 Å². The van der Waals surface area contributed by atoms with Crippen LogP contribution in [-0.4, -0.2) is 31.7 Å². The number of hydrogen-bond donors (Lipinski definition) is 2. The zero-order valence-corrected chi connectivity index (χ0v) is 9.36. The minimum Gasteiger partial charge on any atom is -0.370 e. The van der Waals surface area contributed by atoms with Gasteiger partial charge < -0.3 is 5.32 Å². The highest BCUT2D eigenvalue weighted by Crippen LogP contribution is 2.12. The lowest BCUT2D eigenvalue weighted by Crippen LogP contribution is -2.04. The van der Waals surface area contributed by atoms with Crippen molar-refractivity contribution < 1.29 is 0 Å². The van der Waals surface area contributed by atoms with Crippen molar-refractivity contribution in [3.63, 3.8) is 0 Å². The van der Waals surface area contributed by atoms with Crippen LogP contribution >= 0.6 is 0 Å². The lowest BCUT2D eigenvalue weighted by atomic mass is 10.4. The van der Waals surface area contributed by atoms with Gasteiger partial charge in [-0.25, -0.2) is 15.0 Å². The number of nitrogens with zero attached hydrogens (tertiary/aromatic N) is 4. The van der Waals surface area contributed by atoms with E-state index in [1.54, 1.807) is 0 Å². The third-order valence-corrected chi connectivity index (χ3v) is 2.04. The highest BCUT2D eigenvalue weighted by Gasteiger charge is 2.06. The summed E-state index contributed by atoms with van der Waals surface area (Å²) in [4.78, 5) is 12.7. The van der Waals surface area contributed by atoms with E-state index in [4.69, 9.17) is 0 Å². The molecule has 0 saturated carbocycles. The normalized spacial score (nSPS) is 10.4. The van der Waals surface area contributed by atoms with Crippen molar-refractivity contribution in [2.24, 2.45) is 0 Å². The Morgan fingerprint density at radius 1 is 1.38 bits per heavy atom. The molecule has 16 heavy (non-hydrogen) atoms. The fourth-order valence-corrected chi connectivity index (χ4v) is 1.33. The SMILES string of the molecule is CCCNc1cc(C)nc(-c2ncn[nH]2)n1. The number of H-pyrrole nitrogens is 1. The maximum Gasteiger partial charge on any atom is 0.199 e. The Bertz CT molecular complexity index is 450. The van der Waals surface area contributed by atoms with Crippen LogP contribution in [0.25, 0.3) is 11.6 Å². The summed E-state index contributed by atoms with van der Waals surface area (Å²) in [6.07, 6.45) is 2.50. The van der Waals surface area contributed by atoms with Gasteiger partial charge in [-0.3, -0.25) is 5.10 Å². The van der Waals surface area contributed by atoms with Gasteiger partial charge >= 0.3 is 0 Å². The highest BCUT2D eigenvalue weighted by molar-refractivity contribution is 5.48. The number of aromatic amines is 1. The third-order valence-electron chi connectivity index (χ3n) is 2.04. The van der Waals surface area contributed by atoms with E-state index in [1.165, 1.54) is 6.33 Å². The molecule has 0 radical (unpaired) electrons. The summed E-state index contributed by atoms with van der Waals surface area (Å²) < 4.78 is 0. The molecule has 2 aromatic rings. The molecule has 0 spiro atoms. The van der Waals surface area contributed by atoms with Gasteiger partial charge in [-0.15, -0.1) is 0 Å². The van der Waals surface area contributed by atoms with Crippen LogP contribution < -0.4 is 5.32 Å². The summed E-state index contributed by atoms with van der Waals surface area (Å²) in [5.41, 5.74) is 0.903. The van der Waals surface area contributed by atoms with Crippen molar-refractivity contribution in [2.75, 3.05) is 11.9 Å². The average molecular weight is 218 g/mol. The first kappa shape index (κ1) is 10.5. The van der Waals surface area contributed by atoms with Crippen LogP contribution in [0, 0.1) is 6.92 Å². The molecule has 6 nitrogen and oxygen atoms in total. The maximum atomic E-state index is 4.36. The molecule has 0 aliphatic carbocycles. The van der Waals surface area contributed by atoms with Crippen molar-refractivity contribution in [3.05, 3.63) is 18.1 Å². The smallest absolute Gasteiger partial charge is 0.199 e. The molecule has 0 unspecified atom stereocenters. The second-order valence-corrected chi connectivity index (χ2v) is 3.48. The van der Waals surface area contributed by atoms with Crippen LogP contribution in [0.3, 0.4) is 0 Å². The van der Waals surface area contributed by atoms with Crippen LogP contribution in [-0.2, 0) is 0 Å². The van der Waals surface area contributed by atoms with E-state index in [1.807, 2.05) is 13.0 Å². The molecule has 0 fully saturated rings. The molecule has 0 aliphatic heterocycles. The molecular weight excluding hydrogens is 204 g/mol. The van der Waals surface area contributed by atoms with Gasteiger partial charge in [-0.2, -0.15) is 5.10 Å². The largest absolute Gasteiger partial charge is 0.370 e. The van der Waals surface area contributed by atoms with Crippen LogP contribution in [0.5, 0.6) is 0 Å². The van der Waals surface area contributed by atoms with Crippen molar-refractivity contribution in [1.29, 1.82) is 0 Å². The fraction of sp³-hybridized carbons (Fsp3) is 0.400. The molecule has 0 saturated heterocycles. The van der Waals surface area contributed by atoms with Crippen LogP contribution in [0.2, 0.25) is 0 Å². The Morgan fingerprint density at radius 3 is 2.94 bits per heavy atom. The molecule has 0 aliphatic rings. The second-order valence-electron chi connectivity index (χ2n) is 3.48. The molecule has 0 bridgehead atoms. The van der Waals surface area contributed by atoms with E-state index >= 15 is 0 Å². The Morgan fingerprint density at radius 2 is 2.25 bits per heavy atom. The van der Waals surface area contributed by atoms with Crippen LogP contribution in [0.1, 0.15) is 19.0 Å². The van der Waals surface area contributed by atoms with Gasteiger partial charge in [-0.05, 0) is 13.3 Å². The number of rotatable bonds is 4. The molecule has 2 aromatic heterocycles. The zero-order chi connectivity index (χ0) is 11.4. The van der Waals surface area contributed by atoms with Gasteiger partial charge in [-0.1, -0.05) is 6.92 Å². The fourth-order valence-electron chi connectivity index (χ4n) is 1.33. The summed E-state index contributed by atoms with van der Waals surface area (Å²) in [6.45, 7) is 4.93. The summed E-state index contributed by atoms with van der Waals surface area (Å²) in [5.74, 6) is 1.97. The van der Waals surface area contributed by atoms with Crippen molar-refractivity contribution >= 4 is 5.82 Å². The van der Waals surface area contributed by atoms with Gasteiger partial charge in [0.1, 0.15) is 12.1 Å². The molecule has 2 heterocycles. The Hall–Kier alpha value is -1.98. The summed E-state index contributed by atoms with van der Waals surface area (Å²) in [7, 11) is 0. The van der Waals surface area contributed by atoms with E-state index < -0.39 is 0 Å². The summed E-state index contributed by atoms with van der Waals surface area (Å²) in [6, 6.07) is 1.91. The number of aromatic nitrogens is 5. The summed E-state index contributed by atoms with van der Waals surface area (Å²) >= 11 is 0. The van der Waals surface area contributed by atoms with Crippen LogP contribution in [0.15, 0.2) is 12.4 Å². The van der Waals surface area contributed by atoms with Gasteiger partial charge in [0.25, 0.3) is 0 Å². The Balaban J connectivity index is 2.29. The van der Waals surface area contributed by atoms with E-state index in [0.29, 0.717) is 11.6 Å². The van der Waals surface area contributed by atoms with Crippen molar-refractivity contribution in [3.8, 4) is 11.6 Å². The van der Waals surface area contributed by atoms with E-state index in [0.717, 1.165) is 24.5 Å². The van der Waals surface area contributed by atoms with Gasteiger partial charge in [0.15, 0.2) is 11.6 Å². The minimum absolute atomic E-state index is 0.566. The van der Waals surface area contributed by atoms with E-state index in [2.05, 4.69) is 37.4 Å².